The van der Waals surface area contributed by atoms with Crippen molar-refractivity contribution in [2.45, 2.75) is 6.92 Å². The first kappa shape index (κ1) is 23.9. The molecule has 12 heteroatoms. The third kappa shape index (κ3) is 7.82. The summed E-state index contributed by atoms with van der Waals surface area (Å²) in [5, 5.41) is 14.8. The molecule has 1 aliphatic rings. The Morgan fingerprint density at radius 1 is 1.04 bits per heavy atom. The average molecular weight is 481 g/mol. The Bertz CT molecular complexity index is 777. The van der Waals surface area contributed by atoms with Crippen LogP contribution >= 0.6 is 15.9 Å². The zero-order valence-electron chi connectivity index (χ0n) is 15.1. The summed E-state index contributed by atoms with van der Waals surface area (Å²) < 4.78 is 31.4. The van der Waals surface area contributed by atoms with Crippen LogP contribution in [-0.2, 0) is 24.4 Å². The van der Waals surface area contributed by atoms with Gasteiger partial charge in [0.2, 0.25) is 10.0 Å². The summed E-state index contributed by atoms with van der Waals surface area (Å²) in [5.74, 6) is -3.06. The van der Waals surface area contributed by atoms with Crippen LogP contribution in [0.15, 0.2) is 28.7 Å². The van der Waals surface area contributed by atoms with Crippen molar-refractivity contribution in [1.82, 2.24) is 9.21 Å². The van der Waals surface area contributed by atoms with Crippen LogP contribution in [0.1, 0.15) is 6.92 Å². The van der Waals surface area contributed by atoms with Crippen molar-refractivity contribution in [1.29, 1.82) is 0 Å². The second-order valence-corrected chi connectivity index (χ2v) is 8.71. The van der Waals surface area contributed by atoms with Gasteiger partial charge in [0.25, 0.3) is 5.91 Å². The van der Waals surface area contributed by atoms with E-state index in [9.17, 15) is 13.2 Å². The van der Waals surface area contributed by atoms with Gasteiger partial charge in [-0.3, -0.25) is 4.79 Å². The summed E-state index contributed by atoms with van der Waals surface area (Å²) in [6.07, 6.45) is 0. The molecule has 0 aliphatic carbocycles. The molecule has 0 spiro atoms. The Labute approximate surface area is 170 Å². The number of nitrogens with zero attached hydrogens (tertiary/aromatic N) is 2. The Morgan fingerprint density at radius 3 is 1.96 bits per heavy atom. The van der Waals surface area contributed by atoms with E-state index >= 15 is 0 Å². The van der Waals surface area contributed by atoms with Gasteiger partial charge < -0.3 is 19.8 Å². The third-order valence-electron chi connectivity index (χ3n) is 3.71. The molecule has 0 atom stereocenters. The number of amides is 1. The normalized spacial score (nSPS) is 14.6. The fraction of sp³-hybridized carbons (Fsp3) is 0.438. The van der Waals surface area contributed by atoms with E-state index in [1.54, 1.807) is 24.0 Å². The molecule has 10 nitrogen and oxygen atoms in total. The van der Waals surface area contributed by atoms with E-state index in [1.165, 1.54) is 4.31 Å². The number of carbonyl (C=O) groups is 3. The van der Waals surface area contributed by atoms with Crippen LogP contribution in [0.25, 0.3) is 0 Å². The van der Waals surface area contributed by atoms with Gasteiger partial charge in [-0.25, -0.2) is 18.0 Å². The van der Waals surface area contributed by atoms with E-state index in [0.29, 0.717) is 31.9 Å². The molecule has 28 heavy (non-hydrogen) atoms. The molecule has 1 saturated heterocycles. The maximum Gasteiger partial charge on any atom is 0.414 e. The van der Waals surface area contributed by atoms with E-state index in [-0.39, 0.29) is 18.3 Å². The van der Waals surface area contributed by atoms with Gasteiger partial charge in [-0.15, -0.1) is 0 Å². The Balaban J connectivity index is 0.000000568. The van der Waals surface area contributed by atoms with Crippen molar-refractivity contribution in [3.8, 4) is 5.75 Å². The zero-order valence-corrected chi connectivity index (χ0v) is 17.5. The van der Waals surface area contributed by atoms with Gasteiger partial charge in [0.15, 0.2) is 6.61 Å². The molecule has 1 fully saturated rings. The van der Waals surface area contributed by atoms with Gasteiger partial charge in [0, 0.05) is 30.7 Å². The number of carboxylic acids is 2. The first-order valence-corrected chi connectivity index (χ1v) is 10.6. The number of sulfonamides is 1. The summed E-state index contributed by atoms with van der Waals surface area (Å²) >= 11 is 3.33. The van der Waals surface area contributed by atoms with Crippen molar-refractivity contribution in [3.05, 3.63) is 28.7 Å². The van der Waals surface area contributed by atoms with Crippen molar-refractivity contribution in [2.75, 3.05) is 38.5 Å². The fourth-order valence-corrected chi connectivity index (χ4v) is 3.51. The van der Waals surface area contributed by atoms with E-state index < -0.39 is 22.0 Å². The first-order valence-electron chi connectivity index (χ1n) is 8.17. The molecule has 1 amide bonds. The van der Waals surface area contributed by atoms with Gasteiger partial charge in [-0.1, -0.05) is 15.9 Å². The van der Waals surface area contributed by atoms with Crippen molar-refractivity contribution >= 4 is 43.8 Å². The number of rotatable bonds is 5. The molecule has 156 valence electrons. The molecule has 2 N–H and O–H groups in total. The quantitative estimate of drug-likeness (QED) is 0.579. The van der Waals surface area contributed by atoms with E-state index in [1.807, 2.05) is 12.1 Å². The number of carboxylic acid groups (broad SMARTS) is 2. The second kappa shape index (κ2) is 11.0. The molecule has 1 aliphatic heterocycles. The Morgan fingerprint density at radius 2 is 1.54 bits per heavy atom. The molecule has 0 saturated carbocycles. The van der Waals surface area contributed by atoms with Crippen LogP contribution in [0.2, 0.25) is 0 Å². The molecule has 2 rings (SSSR count). The van der Waals surface area contributed by atoms with Crippen LogP contribution in [0.5, 0.6) is 5.75 Å². The summed E-state index contributed by atoms with van der Waals surface area (Å²) in [4.78, 5) is 31.9. The van der Waals surface area contributed by atoms with Crippen LogP contribution in [0.3, 0.4) is 0 Å². The third-order valence-corrected chi connectivity index (χ3v) is 6.12. The summed E-state index contributed by atoms with van der Waals surface area (Å²) in [6.45, 7) is 3.09. The number of piperazine rings is 1. The molecule has 1 aromatic rings. The summed E-state index contributed by atoms with van der Waals surface area (Å²) in [7, 11) is -3.17. The largest absolute Gasteiger partial charge is 0.484 e. The Hall–Kier alpha value is -2.18. The van der Waals surface area contributed by atoms with Gasteiger partial charge in [0.05, 0.1) is 5.75 Å². The molecule has 0 aromatic heterocycles. The molecule has 0 bridgehead atoms. The number of hydrogen-bond donors (Lipinski definition) is 2. The summed E-state index contributed by atoms with van der Waals surface area (Å²) in [6, 6.07) is 7.24. The van der Waals surface area contributed by atoms with E-state index in [0.717, 1.165) is 4.47 Å². The van der Waals surface area contributed by atoms with Gasteiger partial charge in [0.1, 0.15) is 5.75 Å². The highest BCUT2D eigenvalue weighted by Gasteiger charge is 2.27. The smallest absolute Gasteiger partial charge is 0.414 e. The lowest BCUT2D eigenvalue weighted by molar-refractivity contribution is -0.159. The van der Waals surface area contributed by atoms with Gasteiger partial charge in [-0.2, -0.15) is 4.31 Å². The number of hydrogen-bond acceptors (Lipinski definition) is 6. The minimum atomic E-state index is -3.17. The number of ether oxygens (including phenoxy) is 1. The van der Waals surface area contributed by atoms with Crippen molar-refractivity contribution in [3.63, 3.8) is 0 Å². The molecule has 1 heterocycles. The van der Waals surface area contributed by atoms with Crippen LogP contribution < -0.4 is 4.74 Å². The maximum absolute atomic E-state index is 12.1. The van der Waals surface area contributed by atoms with Gasteiger partial charge >= 0.3 is 11.9 Å². The highest BCUT2D eigenvalue weighted by Crippen LogP contribution is 2.16. The lowest BCUT2D eigenvalue weighted by Gasteiger charge is -2.33. The molecular weight excluding hydrogens is 460 g/mol. The predicted molar refractivity (Wildman–Crippen MR) is 103 cm³/mol. The summed E-state index contributed by atoms with van der Waals surface area (Å²) in [5.41, 5.74) is 0. The predicted octanol–water partition coefficient (Wildman–Crippen LogP) is 0.477. The minimum absolute atomic E-state index is 0.0395. The van der Waals surface area contributed by atoms with Crippen LogP contribution in [0, 0.1) is 0 Å². The zero-order chi connectivity index (χ0) is 21.3. The van der Waals surface area contributed by atoms with Gasteiger partial charge in [-0.05, 0) is 31.2 Å². The lowest BCUT2D eigenvalue weighted by Crippen LogP contribution is -2.51. The first-order chi connectivity index (χ1) is 13.1. The SMILES string of the molecule is CCS(=O)(=O)N1CCN(C(=O)COc2ccc(Br)cc2)CC1.O=C(O)C(=O)O. The fourth-order valence-electron chi connectivity index (χ4n) is 2.17. The molecule has 0 radical (unpaired) electrons. The van der Waals surface area contributed by atoms with Crippen LogP contribution in [0.4, 0.5) is 0 Å². The van der Waals surface area contributed by atoms with Crippen molar-refractivity contribution in [2.24, 2.45) is 0 Å². The topological polar surface area (TPSA) is 142 Å². The van der Waals surface area contributed by atoms with E-state index in [4.69, 9.17) is 24.5 Å². The number of carbonyl (C=O) groups excluding carboxylic acids is 1. The average Bonchev–Trinajstić information content (AvgIpc) is 2.67. The highest BCUT2D eigenvalue weighted by atomic mass is 79.9. The standard InChI is InChI=1S/C14H19BrN2O4S.C2H2O4/c1-2-22(19,20)17-9-7-16(8-10-17)14(18)11-21-13-5-3-12(15)4-6-13;3-1(4)2(5)6/h3-6H,2,7-11H2,1H3;(H,3,4)(H,5,6). The maximum atomic E-state index is 12.1. The number of benzene rings is 1. The van der Waals surface area contributed by atoms with Crippen molar-refractivity contribution < 1.29 is 37.8 Å². The second-order valence-electron chi connectivity index (χ2n) is 5.53. The van der Waals surface area contributed by atoms with Crippen LogP contribution in [-0.4, -0.2) is 84.2 Å². The van der Waals surface area contributed by atoms with E-state index in [2.05, 4.69) is 15.9 Å². The number of aliphatic carboxylic acids is 2. The molecule has 0 unspecified atom stereocenters. The molecule has 1 aromatic carbocycles. The minimum Gasteiger partial charge on any atom is -0.484 e. The Kier molecular flexibility index (Phi) is 9.35. The lowest BCUT2D eigenvalue weighted by atomic mass is 10.3. The monoisotopic (exact) mass is 480 g/mol. The molecular formula is C16H21BrN2O8S. The highest BCUT2D eigenvalue weighted by molar-refractivity contribution is 9.10. The number of halogens is 1.